The van der Waals surface area contributed by atoms with Gasteiger partial charge in [0.2, 0.25) is 0 Å². The molecule has 3 N–H and O–H groups in total. The van der Waals surface area contributed by atoms with Gasteiger partial charge < -0.3 is 10.8 Å². The molecule has 2 unspecified atom stereocenters. The first-order chi connectivity index (χ1) is 8.08. The Balaban J connectivity index is 0.00000162. The average molecular weight is 305 g/mol. The van der Waals surface area contributed by atoms with Crippen LogP contribution in [0.5, 0.6) is 0 Å². The van der Waals surface area contributed by atoms with Crippen molar-refractivity contribution in [2.24, 2.45) is 16.6 Å². The largest absolute Gasteiger partial charge is 0.480 e. The number of carbonyl (C=O) groups is 2. The number of allylic oxidation sites excluding steroid dienone is 4. The summed E-state index contributed by atoms with van der Waals surface area (Å²) < 4.78 is 0. The van der Waals surface area contributed by atoms with Gasteiger partial charge in [-0.05, 0) is 18.1 Å². The second kappa shape index (κ2) is 7.23. The molecule has 0 spiro atoms. The van der Waals surface area contributed by atoms with Gasteiger partial charge in [0.1, 0.15) is 6.04 Å². The number of carboxylic acid groups (broad SMARTS) is 1. The van der Waals surface area contributed by atoms with E-state index in [0.717, 1.165) is 0 Å². The van der Waals surface area contributed by atoms with E-state index in [-0.39, 0.29) is 43.1 Å². The van der Waals surface area contributed by atoms with Gasteiger partial charge in [0.05, 0.1) is 5.71 Å². The fourth-order valence-corrected chi connectivity index (χ4v) is 1.89. The molecule has 1 amide bonds. The van der Waals surface area contributed by atoms with Crippen LogP contribution in [0.15, 0.2) is 40.9 Å². The lowest BCUT2D eigenvalue weighted by Crippen LogP contribution is -2.33. The van der Waals surface area contributed by atoms with E-state index < -0.39 is 12.0 Å². The van der Waals surface area contributed by atoms with E-state index in [1.807, 2.05) is 12.2 Å². The van der Waals surface area contributed by atoms with E-state index in [2.05, 4.69) is 4.99 Å². The molecule has 0 saturated heterocycles. The lowest BCUT2D eigenvalue weighted by molar-refractivity contribution is -0.138. The molecule has 0 saturated carbocycles. The van der Waals surface area contributed by atoms with Crippen molar-refractivity contribution in [3.8, 4) is 0 Å². The van der Waals surface area contributed by atoms with Crippen molar-refractivity contribution in [2.45, 2.75) is 12.5 Å². The van der Waals surface area contributed by atoms with Gasteiger partial charge in [-0.15, -0.1) is 24.8 Å². The second-order valence-electron chi connectivity index (χ2n) is 3.96. The van der Waals surface area contributed by atoms with E-state index >= 15 is 0 Å². The normalized spacial score (nSPS) is 21.3. The van der Waals surface area contributed by atoms with E-state index in [9.17, 15) is 9.59 Å². The van der Waals surface area contributed by atoms with Crippen molar-refractivity contribution in [3.63, 3.8) is 0 Å². The molecule has 1 aliphatic carbocycles. The molecular formula is C12H14Cl2N2O3. The Morgan fingerprint density at radius 3 is 2.74 bits per heavy atom. The summed E-state index contributed by atoms with van der Waals surface area (Å²) in [5.74, 6) is -1.55. The maximum absolute atomic E-state index is 11.4. The highest BCUT2D eigenvalue weighted by molar-refractivity contribution is 6.12. The van der Waals surface area contributed by atoms with Crippen molar-refractivity contribution in [1.29, 1.82) is 0 Å². The highest BCUT2D eigenvalue weighted by Crippen LogP contribution is 2.26. The van der Waals surface area contributed by atoms with Crippen LogP contribution in [0.25, 0.3) is 0 Å². The fraction of sp³-hybridized carbons (Fsp3) is 0.250. The average Bonchev–Trinajstić information content (AvgIpc) is 2.28. The molecule has 2 atom stereocenters. The predicted molar refractivity (Wildman–Crippen MR) is 77.0 cm³/mol. The number of carboxylic acids is 1. The number of carbonyl (C=O) groups excluding carboxylic acids is 1. The molecule has 1 aliphatic heterocycles. The third-order valence-electron chi connectivity index (χ3n) is 2.72. The topological polar surface area (TPSA) is 92.8 Å². The zero-order chi connectivity index (χ0) is 12.4. The molecule has 5 nitrogen and oxygen atoms in total. The summed E-state index contributed by atoms with van der Waals surface area (Å²) in [4.78, 5) is 26.0. The first-order valence-electron chi connectivity index (χ1n) is 5.24. The standard InChI is InChI=1S/C12H12N2O3.2ClH/c13-9(12(16)17)5-7-6-11(15)14-10-4-2-1-3-8(7)10;;/h1-4,6,8-9H,5,13H2,(H,16,17);2*1H. The first-order valence-corrected chi connectivity index (χ1v) is 5.24. The monoisotopic (exact) mass is 304 g/mol. The number of halogens is 2. The van der Waals surface area contributed by atoms with Crippen molar-refractivity contribution in [1.82, 2.24) is 0 Å². The molecule has 0 radical (unpaired) electrons. The maximum Gasteiger partial charge on any atom is 0.320 e. The molecule has 1 heterocycles. The summed E-state index contributed by atoms with van der Waals surface area (Å²) in [5.41, 5.74) is 6.83. The van der Waals surface area contributed by atoms with E-state index in [1.165, 1.54) is 6.08 Å². The molecule has 19 heavy (non-hydrogen) atoms. The Morgan fingerprint density at radius 2 is 2.11 bits per heavy atom. The van der Waals surface area contributed by atoms with Gasteiger partial charge in [-0.1, -0.05) is 18.2 Å². The van der Waals surface area contributed by atoms with Crippen molar-refractivity contribution >= 4 is 42.4 Å². The minimum Gasteiger partial charge on any atom is -0.480 e. The zero-order valence-electron chi connectivity index (χ0n) is 9.85. The molecule has 7 heteroatoms. The number of rotatable bonds is 3. The van der Waals surface area contributed by atoms with Crippen LogP contribution in [0.4, 0.5) is 0 Å². The van der Waals surface area contributed by atoms with Crippen molar-refractivity contribution in [3.05, 3.63) is 36.0 Å². The van der Waals surface area contributed by atoms with Crippen LogP contribution in [-0.4, -0.2) is 28.7 Å². The van der Waals surface area contributed by atoms with Gasteiger partial charge in [-0.2, -0.15) is 0 Å². The Kier molecular flexibility index (Phi) is 6.69. The minimum absolute atomic E-state index is 0. The summed E-state index contributed by atoms with van der Waals surface area (Å²) in [6.07, 6.45) is 8.80. The fourth-order valence-electron chi connectivity index (χ4n) is 1.89. The number of amides is 1. The van der Waals surface area contributed by atoms with E-state index in [0.29, 0.717) is 11.3 Å². The first kappa shape index (κ1) is 17.6. The Morgan fingerprint density at radius 1 is 1.42 bits per heavy atom. The molecule has 0 aromatic rings. The minimum atomic E-state index is -1.07. The molecular weight excluding hydrogens is 291 g/mol. The highest BCUT2D eigenvalue weighted by Gasteiger charge is 2.26. The van der Waals surface area contributed by atoms with E-state index in [4.69, 9.17) is 10.8 Å². The third-order valence-corrected chi connectivity index (χ3v) is 2.72. The number of aliphatic carboxylic acids is 1. The second-order valence-corrected chi connectivity index (χ2v) is 3.96. The highest BCUT2D eigenvalue weighted by atomic mass is 35.5. The van der Waals surface area contributed by atoms with Crippen LogP contribution < -0.4 is 5.73 Å². The number of nitrogens with zero attached hydrogens (tertiary/aromatic N) is 1. The van der Waals surface area contributed by atoms with Gasteiger partial charge in [-0.25, -0.2) is 4.99 Å². The van der Waals surface area contributed by atoms with Crippen LogP contribution in [0, 0.1) is 5.92 Å². The van der Waals surface area contributed by atoms with Gasteiger partial charge in [0, 0.05) is 12.0 Å². The van der Waals surface area contributed by atoms with Gasteiger partial charge in [0.15, 0.2) is 0 Å². The number of nitrogens with two attached hydrogens (primary N) is 1. The molecule has 2 aliphatic rings. The summed E-state index contributed by atoms with van der Waals surface area (Å²) in [6.45, 7) is 0. The zero-order valence-corrected chi connectivity index (χ0v) is 11.5. The molecule has 0 bridgehead atoms. The van der Waals surface area contributed by atoms with Crippen LogP contribution in [-0.2, 0) is 9.59 Å². The van der Waals surface area contributed by atoms with Gasteiger partial charge in [-0.3, -0.25) is 9.59 Å². The lowest BCUT2D eigenvalue weighted by Gasteiger charge is -2.23. The van der Waals surface area contributed by atoms with Crippen LogP contribution in [0.2, 0.25) is 0 Å². The Bertz CT molecular complexity index is 495. The summed E-state index contributed by atoms with van der Waals surface area (Å²) in [5, 5.41) is 8.78. The molecule has 2 rings (SSSR count). The number of fused-ring (bicyclic) bond motifs is 1. The van der Waals surface area contributed by atoms with Crippen LogP contribution in [0.3, 0.4) is 0 Å². The summed E-state index contributed by atoms with van der Waals surface area (Å²) in [7, 11) is 0. The number of hydrogen-bond donors (Lipinski definition) is 2. The third kappa shape index (κ3) is 4.02. The molecule has 0 aromatic heterocycles. The Hall–Kier alpha value is -1.43. The smallest absolute Gasteiger partial charge is 0.320 e. The van der Waals surface area contributed by atoms with Crippen molar-refractivity contribution < 1.29 is 14.7 Å². The van der Waals surface area contributed by atoms with Gasteiger partial charge >= 0.3 is 5.97 Å². The van der Waals surface area contributed by atoms with Crippen molar-refractivity contribution in [2.75, 3.05) is 0 Å². The predicted octanol–water partition coefficient (Wildman–Crippen LogP) is 1.28. The molecule has 104 valence electrons. The van der Waals surface area contributed by atoms with Crippen LogP contribution >= 0.6 is 24.8 Å². The summed E-state index contributed by atoms with van der Waals surface area (Å²) >= 11 is 0. The Labute approximate surface area is 122 Å². The quantitative estimate of drug-likeness (QED) is 0.821. The molecule has 0 fully saturated rings. The van der Waals surface area contributed by atoms with Gasteiger partial charge in [0.25, 0.3) is 5.91 Å². The number of aliphatic imine (C=N–C) groups is 1. The summed E-state index contributed by atoms with van der Waals surface area (Å²) in [6, 6.07) is -0.993. The number of hydrogen-bond acceptors (Lipinski definition) is 3. The lowest BCUT2D eigenvalue weighted by atomic mass is 9.85. The van der Waals surface area contributed by atoms with Crippen LogP contribution in [0.1, 0.15) is 6.42 Å². The number of dihydropyridines is 1. The maximum atomic E-state index is 11.4. The molecule has 0 aromatic carbocycles. The van der Waals surface area contributed by atoms with E-state index in [1.54, 1.807) is 12.2 Å². The SMILES string of the molecule is Cl.Cl.NC(CC1=CC(=O)N=C2C=CC=CC12)C(=O)O.